The molecule has 7 nitrogen and oxygen atoms in total. The second-order valence-electron chi connectivity index (χ2n) is 8.14. The van der Waals surface area contributed by atoms with Crippen LogP contribution in [-0.4, -0.2) is 40.3 Å². The summed E-state index contributed by atoms with van der Waals surface area (Å²) in [7, 11) is 1.35. The van der Waals surface area contributed by atoms with E-state index in [-0.39, 0.29) is 5.69 Å². The maximum atomic E-state index is 13.0. The molecule has 0 radical (unpaired) electrons. The molecule has 0 aliphatic carbocycles. The number of carboxylic acids is 1. The van der Waals surface area contributed by atoms with Crippen LogP contribution in [0.5, 0.6) is 0 Å². The third kappa shape index (κ3) is 3.83. The summed E-state index contributed by atoms with van der Waals surface area (Å²) in [5.41, 5.74) is 8.90. The number of ether oxygens (including phenoxy) is 1. The van der Waals surface area contributed by atoms with Crippen LogP contribution in [0.2, 0.25) is 0 Å². The molecule has 3 N–H and O–H groups in total. The number of nitrogens with zero attached hydrogens (tertiary/aromatic N) is 1. The van der Waals surface area contributed by atoms with Crippen molar-refractivity contribution in [3.05, 3.63) is 61.9 Å². The van der Waals surface area contributed by atoms with Gasteiger partial charge in [-0.2, -0.15) is 0 Å². The van der Waals surface area contributed by atoms with Gasteiger partial charge in [0.1, 0.15) is 11.6 Å². The second-order valence-corrected chi connectivity index (χ2v) is 8.14. The van der Waals surface area contributed by atoms with E-state index in [0.29, 0.717) is 24.1 Å². The molecular formula is C25H31N3O4. The summed E-state index contributed by atoms with van der Waals surface area (Å²) in [6.07, 6.45) is 5.14. The number of hydrogen-bond acceptors (Lipinski definition) is 4. The number of carboxylic acid groups (broad SMARTS) is 1. The Hall–Kier alpha value is -3.35. The molecule has 2 aromatic rings. The first-order chi connectivity index (χ1) is 15.2. The number of nitrogens with one attached hydrogen (secondary N) is 2. The van der Waals surface area contributed by atoms with Crippen LogP contribution >= 0.6 is 0 Å². The van der Waals surface area contributed by atoms with E-state index in [4.69, 9.17) is 4.74 Å². The van der Waals surface area contributed by atoms with Crippen LogP contribution in [0.1, 0.15) is 83.4 Å². The summed E-state index contributed by atoms with van der Waals surface area (Å²) < 4.78 is 5.17. The highest BCUT2D eigenvalue weighted by Crippen LogP contribution is 2.36. The topological polar surface area (TPSA) is 108 Å². The Bertz CT molecular complexity index is 1170. The third-order valence-electron chi connectivity index (χ3n) is 6.45. The second kappa shape index (κ2) is 9.02. The Balaban J connectivity index is 2.24. The smallest absolute Gasteiger partial charge is 0.352 e. The Morgan fingerprint density at radius 3 is 2.16 bits per heavy atom. The molecule has 0 saturated carbocycles. The van der Waals surface area contributed by atoms with E-state index >= 15 is 0 Å². The molecule has 0 bridgehead atoms. The van der Waals surface area contributed by atoms with Crippen molar-refractivity contribution < 1.29 is 19.4 Å². The van der Waals surface area contributed by atoms with E-state index in [1.807, 2.05) is 46.9 Å². The summed E-state index contributed by atoms with van der Waals surface area (Å²) in [5, 5.41) is 9.62. The molecule has 1 aliphatic heterocycles. The Kier molecular flexibility index (Phi) is 6.57. The summed E-state index contributed by atoms with van der Waals surface area (Å²) in [5.74, 6) is -2.28. The summed E-state index contributed by atoms with van der Waals surface area (Å²) in [4.78, 5) is 35.7. The van der Waals surface area contributed by atoms with Gasteiger partial charge in [-0.05, 0) is 80.0 Å². The molecule has 0 fully saturated rings. The maximum Gasteiger partial charge on any atom is 0.352 e. The molecule has 2 aromatic heterocycles. The fraction of sp³-hybridized carbons (Fsp3) is 0.400. The lowest BCUT2D eigenvalue weighted by atomic mass is 9.91. The van der Waals surface area contributed by atoms with Gasteiger partial charge in [-0.25, -0.2) is 4.79 Å². The largest absolute Gasteiger partial charge is 0.477 e. The molecular weight excluding hydrogens is 406 g/mol. The highest BCUT2D eigenvalue weighted by molar-refractivity contribution is 5.90. The fourth-order valence-corrected chi connectivity index (χ4v) is 4.44. The molecule has 7 heteroatoms. The summed E-state index contributed by atoms with van der Waals surface area (Å²) >= 11 is 0. The zero-order valence-electron chi connectivity index (χ0n) is 19.8. The first-order valence-corrected chi connectivity index (χ1v) is 10.8. The number of rotatable bonds is 7. The van der Waals surface area contributed by atoms with Gasteiger partial charge >= 0.3 is 11.9 Å². The standard InChI is InChI=1S/C25H31N3O4/c1-8-16-14(5)19(10-18-13(4)12(3)11-26-18)27-22(16)20(25(31)32-7)23-17(9-2)15(6)21(28-23)24(29)30/h10-11,20,27-28H,8-9H2,1-7H3,(H,29,30)/b18-10-. The van der Waals surface area contributed by atoms with Gasteiger partial charge < -0.3 is 19.8 Å². The van der Waals surface area contributed by atoms with Crippen molar-refractivity contribution in [1.82, 2.24) is 9.97 Å². The number of carbonyl (C=O) groups excluding carboxylic acids is 1. The number of carbonyl (C=O) groups is 2. The summed E-state index contributed by atoms with van der Waals surface area (Å²) in [6, 6.07) is 0. The van der Waals surface area contributed by atoms with E-state index in [2.05, 4.69) is 15.0 Å². The van der Waals surface area contributed by atoms with Crippen LogP contribution in [0.3, 0.4) is 0 Å². The molecule has 0 spiro atoms. The number of aromatic nitrogens is 2. The van der Waals surface area contributed by atoms with E-state index in [1.54, 1.807) is 6.92 Å². The quantitative estimate of drug-likeness (QED) is 0.538. The minimum Gasteiger partial charge on any atom is -0.477 e. The number of methoxy groups -OCH3 is 1. The van der Waals surface area contributed by atoms with E-state index in [9.17, 15) is 14.7 Å². The van der Waals surface area contributed by atoms with Crippen LogP contribution in [-0.2, 0) is 22.4 Å². The van der Waals surface area contributed by atoms with Gasteiger partial charge in [0, 0.05) is 23.3 Å². The minimum absolute atomic E-state index is 0.103. The van der Waals surface area contributed by atoms with Crippen molar-refractivity contribution in [2.24, 2.45) is 4.99 Å². The van der Waals surface area contributed by atoms with Crippen molar-refractivity contribution >= 4 is 24.2 Å². The van der Waals surface area contributed by atoms with Gasteiger partial charge in [-0.1, -0.05) is 13.8 Å². The number of hydrogen-bond donors (Lipinski definition) is 3. The van der Waals surface area contributed by atoms with Gasteiger partial charge in [0.2, 0.25) is 0 Å². The van der Waals surface area contributed by atoms with E-state index in [0.717, 1.165) is 44.9 Å². The third-order valence-corrected chi connectivity index (χ3v) is 6.45. The van der Waals surface area contributed by atoms with Gasteiger partial charge in [-0.3, -0.25) is 9.79 Å². The molecule has 1 aliphatic rings. The molecule has 170 valence electrons. The molecule has 1 atom stereocenters. The van der Waals surface area contributed by atoms with Crippen LogP contribution in [0, 0.1) is 13.8 Å². The number of aromatic carboxylic acids is 1. The highest BCUT2D eigenvalue weighted by Gasteiger charge is 2.34. The van der Waals surface area contributed by atoms with Crippen molar-refractivity contribution in [2.45, 2.75) is 60.3 Å². The van der Waals surface area contributed by atoms with Gasteiger partial charge in [-0.15, -0.1) is 0 Å². The van der Waals surface area contributed by atoms with Crippen molar-refractivity contribution in [1.29, 1.82) is 0 Å². The molecule has 0 amide bonds. The van der Waals surface area contributed by atoms with E-state index in [1.165, 1.54) is 7.11 Å². The molecule has 3 rings (SSSR count). The predicted octanol–water partition coefficient (Wildman–Crippen LogP) is 4.85. The average molecular weight is 438 g/mol. The SMILES string of the molecule is CCc1c(C(C(=O)OC)c2[nH]c(C(=O)O)c(C)c2CC)[nH]c(/C=C2\N=CC(C)=C2C)c1C. The predicted molar refractivity (Wildman–Crippen MR) is 125 cm³/mol. The first kappa shape index (κ1) is 23.3. The van der Waals surface area contributed by atoms with Gasteiger partial charge in [0.05, 0.1) is 12.8 Å². The van der Waals surface area contributed by atoms with Crippen LogP contribution in [0.25, 0.3) is 6.08 Å². The number of aliphatic imine (C=N–C) groups is 1. The van der Waals surface area contributed by atoms with Crippen LogP contribution < -0.4 is 0 Å². The molecule has 3 heterocycles. The molecule has 1 unspecified atom stereocenters. The Labute approximate surface area is 188 Å². The van der Waals surface area contributed by atoms with Gasteiger partial charge in [0.25, 0.3) is 0 Å². The highest BCUT2D eigenvalue weighted by atomic mass is 16.5. The minimum atomic E-state index is -1.05. The lowest BCUT2D eigenvalue weighted by Crippen LogP contribution is -2.19. The van der Waals surface area contributed by atoms with Crippen LogP contribution in [0.4, 0.5) is 0 Å². The number of aromatic amines is 2. The molecule has 0 saturated heterocycles. The molecule has 0 aromatic carbocycles. The van der Waals surface area contributed by atoms with Gasteiger partial charge in [0.15, 0.2) is 0 Å². The lowest BCUT2D eigenvalue weighted by molar-refractivity contribution is -0.141. The Morgan fingerprint density at radius 2 is 1.66 bits per heavy atom. The average Bonchev–Trinajstić information content (AvgIpc) is 3.37. The van der Waals surface area contributed by atoms with E-state index < -0.39 is 17.9 Å². The first-order valence-electron chi connectivity index (χ1n) is 10.8. The van der Waals surface area contributed by atoms with Crippen molar-refractivity contribution in [3.63, 3.8) is 0 Å². The molecule has 32 heavy (non-hydrogen) atoms. The lowest BCUT2D eigenvalue weighted by Gasteiger charge is -2.17. The zero-order chi connectivity index (χ0) is 23.7. The Morgan fingerprint density at radius 1 is 1.06 bits per heavy atom. The fourth-order valence-electron chi connectivity index (χ4n) is 4.44. The summed E-state index contributed by atoms with van der Waals surface area (Å²) in [6.45, 7) is 11.8. The van der Waals surface area contributed by atoms with Crippen molar-refractivity contribution in [2.75, 3.05) is 7.11 Å². The number of allylic oxidation sites excluding steroid dienone is 2. The zero-order valence-corrected chi connectivity index (χ0v) is 19.8. The monoisotopic (exact) mass is 437 g/mol. The maximum absolute atomic E-state index is 13.0. The normalized spacial score (nSPS) is 15.7. The van der Waals surface area contributed by atoms with Crippen molar-refractivity contribution in [3.8, 4) is 0 Å². The number of esters is 1. The van der Waals surface area contributed by atoms with Crippen LogP contribution in [0.15, 0.2) is 21.8 Å². The number of H-pyrrole nitrogens is 2.